The topological polar surface area (TPSA) is 42.1 Å². The molecule has 1 aliphatic heterocycles. The van der Waals surface area contributed by atoms with Crippen molar-refractivity contribution in [1.29, 1.82) is 0 Å². The molecule has 3 fully saturated rings. The Morgan fingerprint density at radius 1 is 1.18 bits per heavy atom. The first kappa shape index (κ1) is 12.7. The first-order valence-corrected chi connectivity index (χ1v) is 8.27. The fraction of sp³-hybridized carbons (Fsp3) is 0.526. The van der Waals surface area contributed by atoms with Crippen LogP contribution < -0.4 is 10.3 Å². The normalized spacial score (nSPS) is 37.1. The van der Waals surface area contributed by atoms with Gasteiger partial charge in [0.15, 0.2) is 0 Å². The molecule has 2 aromatic rings. The van der Waals surface area contributed by atoms with Gasteiger partial charge in [-0.25, -0.2) is 0 Å². The lowest BCUT2D eigenvalue weighted by molar-refractivity contribution is -0.181. The highest BCUT2D eigenvalue weighted by molar-refractivity contribution is 5.87. The number of aromatic nitrogens is 1. The predicted molar refractivity (Wildman–Crippen MR) is 86.3 cm³/mol. The summed E-state index contributed by atoms with van der Waals surface area (Å²) in [4.78, 5) is 15.7. The van der Waals surface area contributed by atoms with E-state index in [0.29, 0.717) is 11.3 Å². The zero-order chi connectivity index (χ0) is 15.3. The Hall–Kier alpha value is -1.77. The van der Waals surface area contributed by atoms with Gasteiger partial charge in [0.1, 0.15) is 11.4 Å². The van der Waals surface area contributed by atoms with Crippen molar-refractivity contribution in [2.24, 2.45) is 17.3 Å². The second kappa shape index (κ2) is 3.58. The number of para-hydroxylation sites is 1. The number of hydrogen-bond donors (Lipinski definition) is 1. The van der Waals surface area contributed by atoms with Gasteiger partial charge in [0.05, 0.1) is 11.1 Å². The smallest absolute Gasteiger partial charge is 0.255 e. The molecule has 3 saturated carbocycles. The number of fused-ring (bicyclic) bond motifs is 3. The average Bonchev–Trinajstić information content (AvgIpc) is 2.80. The van der Waals surface area contributed by atoms with Gasteiger partial charge >= 0.3 is 0 Å². The van der Waals surface area contributed by atoms with Crippen molar-refractivity contribution in [2.45, 2.75) is 45.1 Å². The van der Waals surface area contributed by atoms with Crippen molar-refractivity contribution < 1.29 is 4.74 Å². The molecule has 6 rings (SSSR count). The third kappa shape index (κ3) is 1.23. The van der Waals surface area contributed by atoms with Crippen molar-refractivity contribution in [3.8, 4) is 5.75 Å². The summed E-state index contributed by atoms with van der Waals surface area (Å²) in [7, 11) is 0. The van der Waals surface area contributed by atoms with E-state index in [2.05, 4.69) is 31.8 Å². The molecule has 2 bridgehead atoms. The zero-order valence-electron chi connectivity index (χ0n) is 13.3. The van der Waals surface area contributed by atoms with Crippen LogP contribution in [0.3, 0.4) is 0 Å². The van der Waals surface area contributed by atoms with Gasteiger partial charge in [0.25, 0.3) is 5.56 Å². The molecular weight excluding hydrogens is 274 g/mol. The fourth-order valence-corrected chi connectivity index (χ4v) is 5.57. The molecule has 0 saturated heterocycles. The molecule has 2 heterocycles. The minimum absolute atomic E-state index is 0.0431. The number of benzene rings is 1. The summed E-state index contributed by atoms with van der Waals surface area (Å²) < 4.78 is 6.56. The van der Waals surface area contributed by atoms with E-state index in [-0.39, 0.29) is 17.1 Å². The van der Waals surface area contributed by atoms with Gasteiger partial charge < -0.3 is 9.72 Å². The first-order chi connectivity index (χ1) is 10.4. The molecule has 3 heteroatoms. The highest BCUT2D eigenvalue weighted by Crippen LogP contribution is 2.70. The minimum atomic E-state index is -0.224. The maximum absolute atomic E-state index is 12.7. The molecule has 0 radical (unpaired) electrons. The van der Waals surface area contributed by atoms with Crippen LogP contribution in [0.15, 0.2) is 29.1 Å². The molecule has 4 aliphatic rings. The quantitative estimate of drug-likeness (QED) is 0.802. The third-order valence-corrected chi connectivity index (χ3v) is 6.95. The standard InChI is InChI=1S/C19H21NO2/c1-18(2)10-8-12-15-16(22-19(12,3)14(18)9-10)11-6-4-5-7-13(11)20-17(15)21/h4-7,10,12,14H,8-9H2,1-3H3,(H,20,21). The Balaban J connectivity index is 1.78. The Kier molecular flexibility index (Phi) is 2.08. The van der Waals surface area contributed by atoms with E-state index >= 15 is 0 Å². The van der Waals surface area contributed by atoms with Crippen LogP contribution >= 0.6 is 0 Å². The van der Waals surface area contributed by atoms with E-state index in [1.807, 2.05) is 18.2 Å². The number of pyridine rings is 1. The summed E-state index contributed by atoms with van der Waals surface area (Å²) in [6.07, 6.45) is 2.32. The van der Waals surface area contributed by atoms with Crippen LogP contribution in [-0.4, -0.2) is 10.6 Å². The number of nitrogens with one attached hydrogen (secondary N) is 1. The summed E-state index contributed by atoms with van der Waals surface area (Å²) in [6, 6.07) is 7.97. The monoisotopic (exact) mass is 295 g/mol. The van der Waals surface area contributed by atoms with E-state index in [4.69, 9.17) is 4.74 Å². The molecule has 4 atom stereocenters. The van der Waals surface area contributed by atoms with Crippen LogP contribution in [0.5, 0.6) is 5.75 Å². The van der Waals surface area contributed by atoms with Gasteiger partial charge in [-0.3, -0.25) is 4.79 Å². The van der Waals surface area contributed by atoms with E-state index < -0.39 is 0 Å². The SMILES string of the molecule is CC1(C)C2CC3c4c(c5ccccc5[nH]c4=O)OC3(C)C1C2. The van der Waals surface area contributed by atoms with Crippen LogP contribution in [0.4, 0.5) is 0 Å². The molecule has 1 N–H and O–H groups in total. The van der Waals surface area contributed by atoms with Gasteiger partial charge in [-0.1, -0.05) is 26.0 Å². The molecule has 0 amide bonds. The van der Waals surface area contributed by atoms with Crippen molar-refractivity contribution in [1.82, 2.24) is 4.98 Å². The van der Waals surface area contributed by atoms with E-state index in [0.717, 1.165) is 34.6 Å². The van der Waals surface area contributed by atoms with Crippen molar-refractivity contribution in [3.63, 3.8) is 0 Å². The van der Waals surface area contributed by atoms with E-state index in [9.17, 15) is 4.79 Å². The van der Waals surface area contributed by atoms with Crippen molar-refractivity contribution in [3.05, 3.63) is 40.2 Å². The number of ether oxygens (including phenoxy) is 1. The minimum Gasteiger partial charge on any atom is -0.485 e. The van der Waals surface area contributed by atoms with Gasteiger partial charge in [-0.2, -0.15) is 0 Å². The second-order valence-corrected chi connectivity index (χ2v) is 8.12. The van der Waals surface area contributed by atoms with Gasteiger partial charge in [-0.05, 0) is 43.2 Å². The fourth-order valence-electron chi connectivity index (χ4n) is 5.57. The lowest BCUT2D eigenvalue weighted by atomic mass is 9.41. The van der Waals surface area contributed by atoms with Crippen LogP contribution in [-0.2, 0) is 0 Å². The van der Waals surface area contributed by atoms with Crippen LogP contribution in [0.2, 0.25) is 0 Å². The highest BCUT2D eigenvalue weighted by atomic mass is 16.5. The van der Waals surface area contributed by atoms with E-state index in [1.54, 1.807) is 0 Å². The maximum Gasteiger partial charge on any atom is 0.255 e. The third-order valence-electron chi connectivity index (χ3n) is 6.95. The summed E-state index contributed by atoms with van der Waals surface area (Å²) in [6.45, 7) is 6.96. The molecule has 1 aromatic carbocycles. The van der Waals surface area contributed by atoms with Crippen LogP contribution in [0.1, 0.15) is 45.1 Å². The largest absolute Gasteiger partial charge is 0.485 e. The molecule has 3 nitrogen and oxygen atoms in total. The number of rotatable bonds is 0. The highest BCUT2D eigenvalue weighted by Gasteiger charge is 2.67. The predicted octanol–water partition coefficient (Wildman–Crippen LogP) is 3.83. The summed E-state index contributed by atoms with van der Waals surface area (Å²) >= 11 is 0. The number of aromatic amines is 1. The number of hydrogen-bond acceptors (Lipinski definition) is 2. The Morgan fingerprint density at radius 2 is 1.95 bits per heavy atom. The van der Waals surface area contributed by atoms with Crippen molar-refractivity contribution >= 4 is 10.9 Å². The lowest BCUT2D eigenvalue weighted by Crippen LogP contribution is -2.64. The van der Waals surface area contributed by atoms with Crippen LogP contribution in [0, 0.1) is 17.3 Å². The Morgan fingerprint density at radius 3 is 2.73 bits per heavy atom. The van der Waals surface area contributed by atoms with Crippen LogP contribution in [0.25, 0.3) is 10.9 Å². The van der Waals surface area contributed by atoms with Gasteiger partial charge in [0, 0.05) is 17.2 Å². The Labute approximate surface area is 129 Å². The molecule has 1 aromatic heterocycles. The van der Waals surface area contributed by atoms with Gasteiger partial charge in [0.2, 0.25) is 0 Å². The molecule has 114 valence electrons. The zero-order valence-corrected chi connectivity index (χ0v) is 13.3. The lowest BCUT2D eigenvalue weighted by Gasteiger charge is -2.64. The molecular formula is C19H21NO2. The average molecular weight is 295 g/mol. The van der Waals surface area contributed by atoms with Crippen molar-refractivity contribution in [2.75, 3.05) is 0 Å². The summed E-state index contributed by atoms with van der Waals surface area (Å²) in [5.41, 5.74) is 1.92. The number of H-pyrrole nitrogens is 1. The van der Waals surface area contributed by atoms with Gasteiger partial charge in [-0.15, -0.1) is 0 Å². The second-order valence-electron chi connectivity index (χ2n) is 8.12. The Bertz CT molecular complexity index is 865. The first-order valence-electron chi connectivity index (χ1n) is 8.27. The molecule has 3 aliphatic carbocycles. The molecule has 22 heavy (non-hydrogen) atoms. The summed E-state index contributed by atoms with van der Waals surface area (Å²) in [5, 5.41) is 1.04. The maximum atomic E-state index is 12.7. The summed E-state index contributed by atoms with van der Waals surface area (Å²) in [5.74, 6) is 2.34. The molecule has 0 spiro atoms. The van der Waals surface area contributed by atoms with E-state index in [1.165, 1.54) is 6.42 Å². The molecule has 4 unspecified atom stereocenters.